The van der Waals surface area contributed by atoms with Crippen LogP contribution in [-0.2, 0) is 9.47 Å². The second-order valence-corrected chi connectivity index (χ2v) is 5.43. The van der Waals surface area contributed by atoms with E-state index in [1.54, 1.807) is 7.11 Å². The lowest BCUT2D eigenvalue weighted by Crippen LogP contribution is -2.35. The van der Waals surface area contributed by atoms with Gasteiger partial charge >= 0.3 is 6.09 Å². The van der Waals surface area contributed by atoms with Gasteiger partial charge in [0.15, 0.2) is 0 Å². The zero-order valence-electron chi connectivity index (χ0n) is 12.3. The molecule has 0 fully saturated rings. The highest BCUT2D eigenvalue weighted by Gasteiger charge is 2.22. The molecule has 1 aromatic heterocycles. The highest BCUT2D eigenvalue weighted by molar-refractivity contribution is 5.68. The number of alkyl carbamates (subject to hydrolysis) is 1. The van der Waals surface area contributed by atoms with Crippen LogP contribution in [0.5, 0.6) is 0 Å². The molecule has 19 heavy (non-hydrogen) atoms. The number of carbonyl (C=O) groups is 1. The van der Waals surface area contributed by atoms with Crippen LogP contribution in [0.25, 0.3) is 0 Å². The van der Waals surface area contributed by atoms with Crippen LogP contribution in [0.3, 0.4) is 0 Å². The molecule has 1 atom stereocenters. The molecular weight excluding hydrogens is 246 g/mol. The van der Waals surface area contributed by atoms with Crippen LogP contribution in [0.1, 0.15) is 44.8 Å². The number of hydrogen-bond donors (Lipinski definition) is 1. The smallest absolute Gasteiger partial charge is 0.408 e. The number of methoxy groups -OCH3 is 1. The predicted octanol–water partition coefficient (Wildman–Crippen LogP) is 3.19. The van der Waals surface area contributed by atoms with Gasteiger partial charge in [0, 0.05) is 13.7 Å². The maximum Gasteiger partial charge on any atom is 0.408 e. The van der Waals surface area contributed by atoms with E-state index in [9.17, 15) is 4.79 Å². The molecule has 1 aromatic rings. The third-order valence-electron chi connectivity index (χ3n) is 2.41. The van der Waals surface area contributed by atoms with E-state index in [-0.39, 0.29) is 6.04 Å². The molecule has 0 aromatic carbocycles. The van der Waals surface area contributed by atoms with Crippen molar-refractivity contribution in [1.29, 1.82) is 0 Å². The first kappa shape index (κ1) is 15.6. The molecule has 108 valence electrons. The molecule has 0 saturated carbocycles. The summed E-state index contributed by atoms with van der Waals surface area (Å²) < 4.78 is 15.8. The van der Waals surface area contributed by atoms with Crippen LogP contribution in [0.15, 0.2) is 16.5 Å². The van der Waals surface area contributed by atoms with E-state index >= 15 is 0 Å². The number of aryl methyl sites for hydroxylation is 1. The molecule has 1 N–H and O–H groups in total. The average Bonchev–Trinajstić information content (AvgIpc) is 2.68. The second-order valence-electron chi connectivity index (χ2n) is 5.43. The topological polar surface area (TPSA) is 60.7 Å². The van der Waals surface area contributed by atoms with Crippen LogP contribution in [0.4, 0.5) is 4.79 Å². The number of amides is 1. The Balaban J connectivity index is 2.67. The minimum atomic E-state index is -0.519. The summed E-state index contributed by atoms with van der Waals surface area (Å²) in [6.45, 7) is 7.87. The molecule has 0 spiro atoms. The Bertz CT molecular complexity index is 406. The lowest BCUT2D eigenvalue weighted by Gasteiger charge is -2.22. The van der Waals surface area contributed by atoms with E-state index in [2.05, 4.69) is 5.32 Å². The molecule has 0 aliphatic heterocycles. The zero-order valence-corrected chi connectivity index (χ0v) is 12.3. The monoisotopic (exact) mass is 269 g/mol. The van der Waals surface area contributed by atoms with E-state index in [0.717, 1.165) is 5.76 Å². The van der Waals surface area contributed by atoms with Gasteiger partial charge in [0.2, 0.25) is 0 Å². The van der Waals surface area contributed by atoms with Gasteiger partial charge in [-0.25, -0.2) is 4.79 Å². The van der Waals surface area contributed by atoms with E-state index < -0.39 is 11.7 Å². The summed E-state index contributed by atoms with van der Waals surface area (Å²) >= 11 is 0. The van der Waals surface area contributed by atoms with Crippen molar-refractivity contribution in [3.05, 3.63) is 23.7 Å². The summed E-state index contributed by atoms with van der Waals surface area (Å²) in [5.41, 5.74) is -0.519. The number of ether oxygens (including phenoxy) is 2. The molecule has 1 heterocycles. The quantitative estimate of drug-likeness (QED) is 0.891. The first-order valence-corrected chi connectivity index (χ1v) is 6.36. The van der Waals surface area contributed by atoms with E-state index in [1.807, 2.05) is 39.8 Å². The predicted molar refractivity (Wildman–Crippen MR) is 72.0 cm³/mol. The number of hydrogen-bond acceptors (Lipinski definition) is 4. The molecule has 0 aliphatic carbocycles. The molecule has 0 saturated heterocycles. The Labute approximate surface area is 114 Å². The van der Waals surface area contributed by atoms with Crippen LogP contribution in [-0.4, -0.2) is 25.4 Å². The first-order chi connectivity index (χ1) is 8.81. The van der Waals surface area contributed by atoms with E-state index in [1.165, 1.54) is 0 Å². The third kappa shape index (κ3) is 5.79. The van der Waals surface area contributed by atoms with Crippen molar-refractivity contribution in [3.63, 3.8) is 0 Å². The first-order valence-electron chi connectivity index (χ1n) is 6.36. The van der Waals surface area contributed by atoms with Crippen molar-refractivity contribution in [2.24, 2.45) is 0 Å². The summed E-state index contributed by atoms with van der Waals surface area (Å²) in [6, 6.07) is 3.47. The van der Waals surface area contributed by atoms with Crippen molar-refractivity contribution in [1.82, 2.24) is 5.32 Å². The highest BCUT2D eigenvalue weighted by Crippen LogP contribution is 2.20. The van der Waals surface area contributed by atoms with Crippen LogP contribution >= 0.6 is 0 Å². The summed E-state index contributed by atoms with van der Waals surface area (Å²) in [5.74, 6) is 1.52. The molecule has 0 bridgehead atoms. The van der Waals surface area contributed by atoms with Gasteiger partial charge in [-0.15, -0.1) is 0 Å². The highest BCUT2D eigenvalue weighted by atomic mass is 16.6. The van der Waals surface area contributed by atoms with Crippen molar-refractivity contribution in [2.45, 2.75) is 45.8 Å². The summed E-state index contributed by atoms with van der Waals surface area (Å²) in [5, 5.41) is 2.80. The number of carbonyl (C=O) groups excluding carboxylic acids is 1. The fourth-order valence-electron chi connectivity index (χ4n) is 1.61. The lowest BCUT2D eigenvalue weighted by atomic mass is 10.1. The van der Waals surface area contributed by atoms with Crippen LogP contribution in [0.2, 0.25) is 0 Å². The van der Waals surface area contributed by atoms with Gasteiger partial charge in [-0.1, -0.05) is 0 Å². The average molecular weight is 269 g/mol. The van der Waals surface area contributed by atoms with E-state index in [4.69, 9.17) is 13.9 Å². The minimum Gasteiger partial charge on any atom is -0.464 e. The molecule has 1 amide bonds. The molecule has 0 aliphatic rings. The third-order valence-corrected chi connectivity index (χ3v) is 2.41. The fourth-order valence-corrected chi connectivity index (χ4v) is 1.61. The van der Waals surface area contributed by atoms with Crippen molar-refractivity contribution in [2.75, 3.05) is 13.7 Å². The summed E-state index contributed by atoms with van der Waals surface area (Å²) in [4.78, 5) is 11.8. The van der Waals surface area contributed by atoms with Gasteiger partial charge in [-0.3, -0.25) is 0 Å². The van der Waals surface area contributed by atoms with Crippen LogP contribution < -0.4 is 5.32 Å². The van der Waals surface area contributed by atoms with Gasteiger partial charge in [0.05, 0.1) is 6.04 Å². The SMILES string of the molecule is COCC[C@H](NC(=O)OC(C)(C)C)c1ccc(C)o1. The van der Waals surface area contributed by atoms with Gasteiger partial charge in [-0.2, -0.15) is 0 Å². The molecule has 0 radical (unpaired) electrons. The van der Waals surface area contributed by atoms with Crippen molar-refractivity contribution < 1.29 is 18.7 Å². The van der Waals surface area contributed by atoms with Gasteiger partial charge in [0.25, 0.3) is 0 Å². The maximum absolute atomic E-state index is 11.8. The Morgan fingerprint density at radius 1 is 1.42 bits per heavy atom. The molecule has 5 heteroatoms. The van der Waals surface area contributed by atoms with E-state index in [0.29, 0.717) is 18.8 Å². The van der Waals surface area contributed by atoms with Gasteiger partial charge < -0.3 is 19.2 Å². The Morgan fingerprint density at radius 3 is 2.58 bits per heavy atom. The maximum atomic E-state index is 11.8. The minimum absolute atomic E-state index is 0.247. The van der Waals surface area contributed by atoms with Crippen molar-refractivity contribution in [3.8, 4) is 0 Å². The Kier molecular flexibility index (Phi) is 5.42. The fraction of sp³-hybridized carbons (Fsp3) is 0.643. The lowest BCUT2D eigenvalue weighted by molar-refractivity contribution is 0.0484. The van der Waals surface area contributed by atoms with Gasteiger partial charge in [0.1, 0.15) is 17.1 Å². The molecule has 1 rings (SSSR count). The van der Waals surface area contributed by atoms with Crippen LogP contribution in [0, 0.1) is 6.92 Å². The molecule has 0 unspecified atom stereocenters. The normalized spacial score (nSPS) is 13.1. The Hall–Kier alpha value is -1.49. The number of nitrogens with one attached hydrogen (secondary N) is 1. The standard InChI is InChI=1S/C14H23NO4/c1-10-6-7-12(18-10)11(8-9-17-5)15-13(16)19-14(2,3)4/h6-7,11H,8-9H2,1-5H3,(H,15,16)/t11-/m0/s1. The largest absolute Gasteiger partial charge is 0.464 e. The summed E-state index contributed by atoms with van der Waals surface area (Å²) in [6.07, 6.45) is 0.172. The number of rotatable bonds is 5. The van der Waals surface area contributed by atoms with Crippen molar-refractivity contribution >= 4 is 6.09 Å². The Morgan fingerprint density at radius 2 is 2.11 bits per heavy atom. The second kappa shape index (κ2) is 6.61. The molecular formula is C14H23NO4. The summed E-state index contributed by atoms with van der Waals surface area (Å²) in [7, 11) is 1.62. The molecule has 5 nitrogen and oxygen atoms in total. The number of furan rings is 1. The zero-order chi connectivity index (χ0) is 14.5. The van der Waals surface area contributed by atoms with Gasteiger partial charge in [-0.05, 0) is 46.2 Å².